The smallest absolute Gasteiger partial charge is 0.254 e. The van der Waals surface area contributed by atoms with Crippen LogP contribution in [0.2, 0.25) is 0 Å². The van der Waals surface area contributed by atoms with Gasteiger partial charge in [-0.05, 0) is 57.4 Å². The normalized spacial score (nSPS) is 19.6. The summed E-state index contributed by atoms with van der Waals surface area (Å²) in [7, 11) is 1.65. The number of nitrogens with one attached hydrogen (secondary N) is 2. The van der Waals surface area contributed by atoms with Crippen LogP contribution in [0.1, 0.15) is 59.8 Å². The summed E-state index contributed by atoms with van der Waals surface area (Å²) in [6.07, 6.45) is 6.28. The van der Waals surface area contributed by atoms with E-state index in [1.807, 2.05) is 0 Å². The Bertz CT molecular complexity index is 699. The van der Waals surface area contributed by atoms with Crippen LogP contribution in [0.25, 0.3) is 0 Å². The average Bonchev–Trinajstić information content (AvgIpc) is 3.36. The summed E-state index contributed by atoms with van der Waals surface area (Å²) in [5.74, 6) is -0.348. The maximum atomic E-state index is 12.9. The van der Waals surface area contributed by atoms with Gasteiger partial charge in [0.25, 0.3) is 11.8 Å². The first kappa shape index (κ1) is 22.2. The fraction of sp³-hybridized carbons (Fsp3) is 0.714. The third kappa shape index (κ3) is 6.01. The molecule has 1 aliphatic carbocycles. The van der Waals surface area contributed by atoms with E-state index >= 15 is 0 Å². The lowest BCUT2D eigenvalue weighted by Gasteiger charge is -2.16. The van der Waals surface area contributed by atoms with E-state index in [4.69, 9.17) is 14.2 Å². The number of hydrogen-bond acceptors (Lipinski definition) is 6. The van der Waals surface area contributed by atoms with Crippen molar-refractivity contribution in [3.63, 3.8) is 0 Å². The molecule has 3 rings (SSSR count). The van der Waals surface area contributed by atoms with E-state index in [0.29, 0.717) is 30.3 Å². The van der Waals surface area contributed by atoms with Gasteiger partial charge in [0.2, 0.25) is 0 Å². The van der Waals surface area contributed by atoms with Gasteiger partial charge in [-0.25, -0.2) is 0 Å². The minimum absolute atomic E-state index is 0.0766. The molecule has 0 saturated carbocycles. The van der Waals surface area contributed by atoms with Crippen molar-refractivity contribution in [2.75, 3.05) is 38.8 Å². The van der Waals surface area contributed by atoms with E-state index in [1.165, 1.54) is 16.2 Å². The maximum absolute atomic E-state index is 12.9. The SMILES string of the molecule is COCCCNC(=O)c1c(NC(=O)C(C)OCC2CCCO2)sc2c1CCCC2. The summed E-state index contributed by atoms with van der Waals surface area (Å²) in [6.45, 7) is 4.07. The fourth-order valence-electron chi connectivity index (χ4n) is 3.72. The summed E-state index contributed by atoms with van der Waals surface area (Å²) in [4.78, 5) is 26.8. The molecular formula is C21H32N2O5S. The Labute approximate surface area is 176 Å². The number of carbonyl (C=O) groups is 2. The van der Waals surface area contributed by atoms with Crippen LogP contribution in [-0.4, -0.2) is 57.5 Å². The topological polar surface area (TPSA) is 85.9 Å². The number of hydrogen-bond donors (Lipinski definition) is 2. The molecule has 2 atom stereocenters. The second-order valence-electron chi connectivity index (χ2n) is 7.62. The van der Waals surface area contributed by atoms with Crippen molar-refractivity contribution < 1.29 is 23.8 Å². The number of carbonyl (C=O) groups excluding carboxylic acids is 2. The molecule has 0 spiro atoms. The second kappa shape index (κ2) is 11.1. The highest BCUT2D eigenvalue weighted by Crippen LogP contribution is 2.38. The van der Waals surface area contributed by atoms with Gasteiger partial charge >= 0.3 is 0 Å². The lowest BCUT2D eigenvalue weighted by atomic mass is 9.95. The number of methoxy groups -OCH3 is 1. The molecule has 1 aromatic heterocycles. The van der Waals surface area contributed by atoms with Gasteiger partial charge in [-0.15, -0.1) is 11.3 Å². The molecule has 1 aliphatic heterocycles. The van der Waals surface area contributed by atoms with E-state index in [1.54, 1.807) is 14.0 Å². The third-order valence-electron chi connectivity index (χ3n) is 5.37. The van der Waals surface area contributed by atoms with E-state index in [-0.39, 0.29) is 17.9 Å². The van der Waals surface area contributed by atoms with Crippen LogP contribution in [0.4, 0.5) is 5.00 Å². The number of thiophene rings is 1. The highest BCUT2D eigenvalue weighted by atomic mass is 32.1. The zero-order valence-electron chi connectivity index (χ0n) is 17.4. The minimum atomic E-state index is -0.601. The van der Waals surface area contributed by atoms with Gasteiger partial charge in [0.05, 0.1) is 18.3 Å². The van der Waals surface area contributed by atoms with E-state index in [0.717, 1.165) is 57.1 Å². The molecular weight excluding hydrogens is 392 g/mol. The third-order valence-corrected chi connectivity index (χ3v) is 6.58. The van der Waals surface area contributed by atoms with Crippen molar-refractivity contribution in [2.45, 2.75) is 64.1 Å². The first-order chi connectivity index (χ1) is 14.1. The molecule has 2 aliphatic rings. The quantitative estimate of drug-likeness (QED) is 0.564. The molecule has 2 amide bonds. The van der Waals surface area contributed by atoms with E-state index in [9.17, 15) is 9.59 Å². The van der Waals surface area contributed by atoms with Crippen LogP contribution < -0.4 is 10.6 Å². The lowest BCUT2D eigenvalue weighted by Crippen LogP contribution is -2.32. The number of fused-ring (bicyclic) bond motifs is 1. The monoisotopic (exact) mass is 424 g/mol. The molecule has 1 fully saturated rings. The zero-order valence-corrected chi connectivity index (χ0v) is 18.2. The Hall–Kier alpha value is -1.48. The molecule has 8 heteroatoms. The number of aryl methyl sites for hydroxylation is 1. The van der Waals surface area contributed by atoms with Crippen LogP contribution in [0, 0.1) is 0 Å². The fourth-order valence-corrected chi connectivity index (χ4v) is 5.01. The molecule has 162 valence electrons. The molecule has 0 aromatic carbocycles. The molecule has 7 nitrogen and oxygen atoms in total. The predicted octanol–water partition coefficient (Wildman–Crippen LogP) is 2.92. The van der Waals surface area contributed by atoms with Crippen molar-refractivity contribution in [3.05, 3.63) is 16.0 Å². The van der Waals surface area contributed by atoms with Gasteiger partial charge in [0, 0.05) is 31.7 Å². The molecule has 29 heavy (non-hydrogen) atoms. The van der Waals surface area contributed by atoms with Gasteiger partial charge < -0.3 is 24.8 Å². The largest absolute Gasteiger partial charge is 0.385 e. The number of anilines is 1. The van der Waals surface area contributed by atoms with E-state index in [2.05, 4.69) is 10.6 Å². The summed E-state index contributed by atoms with van der Waals surface area (Å²) >= 11 is 1.53. The highest BCUT2D eigenvalue weighted by molar-refractivity contribution is 7.17. The van der Waals surface area contributed by atoms with Crippen LogP contribution in [0.15, 0.2) is 0 Å². The Kier molecular flexibility index (Phi) is 8.47. The molecule has 2 heterocycles. The maximum Gasteiger partial charge on any atom is 0.254 e. The van der Waals surface area contributed by atoms with Gasteiger partial charge in [0.15, 0.2) is 0 Å². The first-order valence-electron chi connectivity index (χ1n) is 10.6. The number of amides is 2. The molecule has 1 saturated heterocycles. The van der Waals surface area contributed by atoms with Crippen molar-refractivity contribution in [3.8, 4) is 0 Å². The Balaban J connectivity index is 1.64. The first-order valence-corrected chi connectivity index (χ1v) is 11.4. The summed E-state index contributed by atoms with van der Waals surface area (Å²) in [6, 6.07) is 0. The van der Waals surface area contributed by atoms with Crippen LogP contribution in [-0.2, 0) is 31.8 Å². The van der Waals surface area contributed by atoms with Gasteiger partial charge in [0.1, 0.15) is 11.1 Å². The summed E-state index contributed by atoms with van der Waals surface area (Å²) < 4.78 is 16.3. The van der Waals surface area contributed by atoms with Crippen LogP contribution >= 0.6 is 11.3 Å². The zero-order chi connectivity index (χ0) is 20.6. The van der Waals surface area contributed by atoms with Crippen molar-refractivity contribution in [1.82, 2.24) is 5.32 Å². The molecule has 0 radical (unpaired) electrons. The van der Waals surface area contributed by atoms with Gasteiger partial charge in [-0.1, -0.05) is 0 Å². The van der Waals surface area contributed by atoms with Crippen LogP contribution in [0.3, 0.4) is 0 Å². The van der Waals surface area contributed by atoms with Crippen molar-refractivity contribution in [2.24, 2.45) is 0 Å². The highest BCUT2D eigenvalue weighted by Gasteiger charge is 2.27. The van der Waals surface area contributed by atoms with Crippen molar-refractivity contribution >= 4 is 28.2 Å². The van der Waals surface area contributed by atoms with Crippen LogP contribution in [0.5, 0.6) is 0 Å². The molecule has 1 aromatic rings. The standard InChI is InChI=1S/C21H32N2O5S/c1-14(28-13-15-7-5-12-27-15)19(24)23-21-18(20(25)22-10-6-11-26-2)16-8-3-4-9-17(16)29-21/h14-15H,3-13H2,1-2H3,(H,22,25)(H,23,24). The summed E-state index contributed by atoms with van der Waals surface area (Å²) in [5, 5.41) is 6.56. The van der Waals surface area contributed by atoms with E-state index < -0.39 is 6.10 Å². The van der Waals surface area contributed by atoms with Gasteiger partial charge in [-0.2, -0.15) is 0 Å². The number of rotatable bonds is 10. The average molecular weight is 425 g/mol. The Morgan fingerprint density at radius 2 is 2.10 bits per heavy atom. The van der Waals surface area contributed by atoms with Crippen molar-refractivity contribution in [1.29, 1.82) is 0 Å². The second-order valence-corrected chi connectivity index (χ2v) is 8.72. The Morgan fingerprint density at radius 1 is 1.28 bits per heavy atom. The molecule has 2 unspecified atom stereocenters. The molecule has 2 N–H and O–H groups in total. The number of ether oxygens (including phenoxy) is 3. The Morgan fingerprint density at radius 3 is 2.86 bits per heavy atom. The van der Waals surface area contributed by atoms with Gasteiger partial charge in [-0.3, -0.25) is 9.59 Å². The minimum Gasteiger partial charge on any atom is -0.385 e. The molecule has 0 bridgehead atoms. The predicted molar refractivity (Wildman–Crippen MR) is 113 cm³/mol. The summed E-state index contributed by atoms with van der Waals surface area (Å²) in [5.41, 5.74) is 1.72. The lowest BCUT2D eigenvalue weighted by molar-refractivity contribution is -0.128.